The molecule has 1 aliphatic carbocycles. The van der Waals surface area contributed by atoms with Crippen molar-refractivity contribution >= 4 is 43.9 Å². The molecule has 1 aromatic carbocycles. The van der Waals surface area contributed by atoms with Crippen LogP contribution in [0.25, 0.3) is 0 Å². The second-order valence-corrected chi connectivity index (χ2v) is 10.2. The first-order valence-corrected chi connectivity index (χ1v) is 11.5. The third-order valence-corrected chi connectivity index (χ3v) is 7.82. The molecule has 2 aromatic rings. The maximum absolute atomic E-state index is 13.0. The number of thiophene rings is 1. The second-order valence-electron chi connectivity index (χ2n) is 7.43. The summed E-state index contributed by atoms with van der Waals surface area (Å²) in [6.07, 6.45) is 1.77. The molecule has 2 atom stereocenters. The van der Waals surface area contributed by atoms with Gasteiger partial charge in [-0.05, 0) is 55.9 Å². The summed E-state index contributed by atoms with van der Waals surface area (Å²) < 4.78 is 33.9. The minimum Gasteiger partial charge on any atom is -0.479 e. The Labute approximate surface area is 172 Å². The summed E-state index contributed by atoms with van der Waals surface area (Å²) in [4.78, 5) is 24.8. The largest absolute Gasteiger partial charge is 0.479 e. The molecule has 0 saturated heterocycles. The van der Waals surface area contributed by atoms with Crippen molar-refractivity contribution in [1.82, 2.24) is 0 Å². The monoisotopic (exact) mass is 435 g/mol. The Morgan fingerprint density at radius 1 is 1.34 bits per heavy atom. The van der Waals surface area contributed by atoms with Gasteiger partial charge in [-0.2, -0.15) is 0 Å². The van der Waals surface area contributed by atoms with E-state index in [9.17, 15) is 18.0 Å². The standard InChI is InChI=1S/C19H21N3O5S2/c1-9-3-5-12-15(7-9)28-19(16(12)17(20)23)22-29(25,26)11-4-6-14-13(8-11)21-18(24)10(2)27-14/h4,6,8-10,22H,3,5,7H2,1-2H3,(H2,20,23)(H,21,24). The van der Waals surface area contributed by atoms with Crippen molar-refractivity contribution in [2.24, 2.45) is 11.7 Å². The highest BCUT2D eigenvalue weighted by atomic mass is 32.2. The predicted octanol–water partition coefficient (Wildman–Crippen LogP) is 2.49. The SMILES string of the molecule is CC1CCc2c(sc(NS(=O)(=O)c3ccc4c(c3)NC(=O)C(C)O4)c2C(N)=O)C1. The number of amides is 2. The Kier molecular flexibility index (Phi) is 4.78. The number of carbonyl (C=O) groups is 2. The Balaban J connectivity index is 1.69. The zero-order valence-electron chi connectivity index (χ0n) is 15.9. The Hall–Kier alpha value is -2.59. The number of rotatable bonds is 4. The van der Waals surface area contributed by atoms with Crippen molar-refractivity contribution in [3.63, 3.8) is 0 Å². The first kappa shape index (κ1) is 19.7. The van der Waals surface area contributed by atoms with Crippen LogP contribution in [0.1, 0.15) is 41.1 Å². The van der Waals surface area contributed by atoms with Crippen molar-refractivity contribution < 1.29 is 22.7 Å². The maximum Gasteiger partial charge on any atom is 0.265 e. The van der Waals surface area contributed by atoms with E-state index in [-0.39, 0.29) is 27.1 Å². The van der Waals surface area contributed by atoms with Gasteiger partial charge in [-0.15, -0.1) is 11.3 Å². The summed E-state index contributed by atoms with van der Waals surface area (Å²) in [6, 6.07) is 4.22. The summed E-state index contributed by atoms with van der Waals surface area (Å²) in [5.74, 6) is -0.127. The fraction of sp³-hybridized carbons (Fsp3) is 0.368. The molecule has 0 bridgehead atoms. The zero-order chi connectivity index (χ0) is 20.9. The molecular weight excluding hydrogens is 414 g/mol. The lowest BCUT2D eigenvalue weighted by Crippen LogP contribution is -2.34. The lowest BCUT2D eigenvalue weighted by atomic mass is 9.88. The molecule has 4 N–H and O–H groups in total. The van der Waals surface area contributed by atoms with Gasteiger partial charge in [0, 0.05) is 4.88 Å². The van der Waals surface area contributed by atoms with Crippen LogP contribution in [0.2, 0.25) is 0 Å². The first-order valence-electron chi connectivity index (χ1n) is 9.24. The number of benzene rings is 1. The van der Waals surface area contributed by atoms with Gasteiger partial charge >= 0.3 is 0 Å². The number of nitrogens with one attached hydrogen (secondary N) is 2. The molecule has 29 heavy (non-hydrogen) atoms. The number of fused-ring (bicyclic) bond motifs is 2. The predicted molar refractivity (Wildman–Crippen MR) is 110 cm³/mol. The molecular formula is C19H21N3O5S2. The Morgan fingerprint density at radius 3 is 2.83 bits per heavy atom. The number of primary amides is 1. The summed E-state index contributed by atoms with van der Waals surface area (Å²) in [6.45, 7) is 3.73. The Bertz CT molecular complexity index is 1120. The lowest BCUT2D eigenvalue weighted by Gasteiger charge is -2.23. The molecule has 0 spiro atoms. The topological polar surface area (TPSA) is 128 Å². The third kappa shape index (κ3) is 3.58. The number of hydrogen-bond donors (Lipinski definition) is 3. The fourth-order valence-electron chi connectivity index (χ4n) is 3.62. The van der Waals surface area contributed by atoms with Crippen LogP contribution in [0.5, 0.6) is 5.75 Å². The minimum atomic E-state index is -4.00. The van der Waals surface area contributed by atoms with E-state index < -0.39 is 22.0 Å². The van der Waals surface area contributed by atoms with Gasteiger partial charge < -0.3 is 15.8 Å². The average molecular weight is 436 g/mol. The van der Waals surface area contributed by atoms with Gasteiger partial charge in [0.15, 0.2) is 6.10 Å². The number of nitrogens with two attached hydrogens (primary N) is 1. The van der Waals surface area contributed by atoms with Crippen LogP contribution in [0.3, 0.4) is 0 Å². The Morgan fingerprint density at radius 2 is 2.10 bits per heavy atom. The van der Waals surface area contributed by atoms with Gasteiger partial charge in [0.2, 0.25) is 0 Å². The molecule has 154 valence electrons. The van der Waals surface area contributed by atoms with Crippen LogP contribution in [0.4, 0.5) is 10.7 Å². The highest BCUT2D eigenvalue weighted by Gasteiger charge is 2.30. The number of ether oxygens (including phenoxy) is 1. The van der Waals surface area contributed by atoms with Gasteiger partial charge in [-0.1, -0.05) is 6.92 Å². The quantitative estimate of drug-likeness (QED) is 0.680. The minimum absolute atomic E-state index is 0.0511. The lowest BCUT2D eigenvalue weighted by molar-refractivity contribution is -0.122. The zero-order valence-corrected chi connectivity index (χ0v) is 17.6. The van der Waals surface area contributed by atoms with Crippen LogP contribution in [-0.2, 0) is 27.7 Å². The number of carbonyl (C=O) groups excluding carboxylic acids is 2. The van der Waals surface area contributed by atoms with E-state index in [0.29, 0.717) is 18.1 Å². The molecule has 2 unspecified atom stereocenters. The van der Waals surface area contributed by atoms with Crippen LogP contribution >= 0.6 is 11.3 Å². The van der Waals surface area contributed by atoms with Crippen LogP contribution < -0.4 is 20.5 Å². The molecule has 2 heterocycles. The van der Waals surface area contributed by atoms with Gasteiger partial charge in [0.25, 0.3) is 21.8 Å². The summed E-state index contributed by atoms with van der Waals surface area (Å²) in [5.41, 5.74) is 6.95. The summed E-state index contributed by atoms with van der Waals surface area (Å²) in [5, 5.41) is 2.87. The number of anilines is 2. The first-order chi connectivity index (χ1) is 13.7. The van der Waals surface area contributed by atoms with Crippen molar-refractivity contribution in [3.05, 3.63) is 34.2 Å². The fourth-order valence-corrected chi connectivity index (χ4v) is 6.37. The normalized spacial score (nSPS) is 20.8. The van der Waals surface area contributed by atoms with E-state index in [1.54, 1.807) is 6.92 Å². The summed E-state index contributed by atoms with van der Waals surface area (Å²) >= 11 is 1.26. The molecule has 2 amide bonds. The molecule has 0 radical (unpaired) electrons. The molecule has 1 aromatic heterocycles. The van der Waals surface area contributed by atoms with Crippen LogP contribution in [0, 0.1) is 5.92 Å². The van der Waals surface area contributed by atoms with Crippen molar-refractivity contribution in [3.8, 4) is 5.75 Å². The van der Waals surface area contributed by atoms with Gasteiger partial charge in [-0.25, -0.2) is 8.42 Å². The van der Waals surface area contributed by atoms with E-state index in [1.807, 2.05) is 0 Å². The van der Waals surface area contributed by atoms with Crippen LogP contribution in [-0.4, -0.2) is 26.3 Å². The number of sulfonamides is 1. The van der Waals surface area contributed by atoms with Crippen LogP contribution in [0.15, 0.2) is 23.1 Å². The molecule has 10 heteroatoms. The molecule has 0 saturated carbocycles. The molecule has 2 aliphatic rings. The van der Waals surface area contributed by atoms with Gasteiger partial charge in [-0.3, -0.25) is 14.3 Å². The van der Waals surface area contributed by atoms with Gasteiger partial charge in [0.05, 0.1) is 16.1 Å². The van der Waals surface area contributed by atoms with E-state index in [2.05, 4.69) is 17.0 Å². The third-order valence-electron chi connectivity index (χ3n) is 5.18. The molecule has 8 nitrogen and oxygen atoms in total. The van der Waals surface area contributed by atoms with E-state index in [4.69, 9.17) is 10.5 Å². The molecule has 4 rings (SSSR count). The maximum atomic E-state index is 13.0. The molecule has 0 fully saturated rings. The van der Waals surface area contributed by atoms with E-state index in [0.717, 1.165) is 23.3 Å². The van der Waals surface area contributed by atoms with Crippen molar-refractivity contribution in [2.75, 3.05) is 10.0 Å². The smallest absolute Gasteiger partial charge is 0.265 e. The number of hydrogen-bond acceptors (Lipinski definition) is 6. The highest BCUT2D eigenvalue weighted by Crippen LogP contribution is 2.40. The van der Waals surface area contributed by atoms with E-state index >= 15 is 0 Å². The van der Waals surface area contributed by atoms with Crippen molar-refractivity contribution in [2.45, 2.75) is 44.1 Å². The molecule has 1 aliphatic heterocycles. The van der Waals surface area contributed by atoms with Crippen molar-refractivity contribution in [1.29, 1.82) is 0 Å². The van der Waals surface area contributed by atoms with E-state index in [1.165, 1.54) is 29.5 Å². The van der Waals surface area contributed by atoms with Gasteiger partial charge in [0.1, 0.15) is 10.8 Å². The average Bonchev–Trinajstić information content (AvgIpc) is 2.98. The summed E-state index contributed by atoms with van der Waals surface area (Å²) in [7, 11) is -4.00. The second kappa shape index (κ2) is 7.03. The highest BCUT2D eigenvalue weighted by molar-refractivity contribution is 7.93.